The highest BCUT2D eigenvalue weighted by Gasteiger charge is 2.28. The zero-order valence-corrected chi connectivity index (χ0v) is 16.5. The number of nitrogens with one attached hydrogen (secondary N) is 2. The van der Waals surface area contributed by atoms with Gasteiger partial charge in [-0.3, -0.25) is 4.79 Å². The Morgan fingerprint density at radius 1 is 1.11 bits per heavy atom. The number of rotatable bonds is 6. The van der Waals surface area contributed by atoms with E-state index < -0.39 is 0 Å². The number of likely N-dealkylation sites (tertiary alicyclic amines) is 1. The van der Waals surface area contributed by atoms with Crippen molar-refractivity contribution < 1.29 is 9.59 Å². The van der Waals surface area contributed by atoms with Crippen LogP contribution in [-0.4, -0.2) is 36.5 Å². The van der Waals surface area contributed by atoms with Crippen LogP contribution >= 0.6 is 0 Å². The molecule has 1 fully saturated rings. The van der Waals surface area contributed by atoms with E-state index in [-0.39, 0.29) is 17.9 Å². The second-order valence-corrected chi connectivity index (χ2v) is 7.46. The predicted octanol–water partition coefficient (Wildman–Crippen LogP) is 3.99. The number of carbonyl (C=O) groups excluding carboxylic acids is 2. The van der Waals surface area contributed by atoms with Crippen molar-refractivity contribution in [2.75, 3.05) is 25.0 Å². The number of urea groups is 1. The molecule has 0 radical (unpaired) electrons. The first-order valence-corrected chi connectivity index (χ1v) is 10.1. The summed E-state index contributed by atoms with van der Waals surface area (Å²) in [6.45, 7) is 3.83. The molecule has 0 saturated carbocycles. The van der Waals surface area contributed by atoms with Crippen LogP contribution in [0.15, 0.2) is 54.6 Å². The second kappa shape index (κ2) is 9.93. The fourth-order valence-electron chi connectivity index (χ4n) is 3.59. The molecule has 2 N–H and O–H groups in total. The van der Waals surface area contributed by atoms with Crippen molar-refractivity contribution in [2.24, 2.45) is 5.92 Å². The van der Waals surface area contributed by atoms with Crippen molar-refractivity contribution in [2.45, 2.75) is 32.6 Å². The van der Waals surface area contributed by atoms with E-state index in [9.17, 15) is 9.59 Å². The first-order chi connectivity index (χ1) is 13.6. The van der Waals surface area contributed by atoms with Crippen molar-refractivity contribution in [1.29, 1.82) is 0 Å². The number of anilines is 1. The van der Waals surface area contributed by atoms with Crippen LogP contribution in [0, 0.1) is 12.8 Å². The van der Waals surface area contributed by atoms with Gasteiger partial charge in [0.05, 0.1) is 5.92 Å². The van der Waals surface area contributed by atoms with E-state index in [1.54, 1.807) is 4.90 Å². The maximum absolute atomic E-state index is 12.5. The van der Waals surface area contributed by atoms with Gasteiger partial charge in [0.2, 0.25) is 5.91 Å². The number of carbonyl (C=O) groups is 2. The van der Waals surface area contributed by atoms with E-state index in [1.165, 1.54) is 5.56 Å². The highest BCUT2D eigenvalue weighted by Crippen LogP contribution is 2.18. The molecule has 1 atom stereocenters. The average molecular weight is 380 g/mol. The van der Waals surface area contributed by atoms with Gasteiger partial charge in [-0.05, 0) is 55.9 Å². The molecule has 5 nitrogen and oxygen atoms in total. The number of nitrogens with zero attached hydrogens (tertiary/aromatic N) is 1. The molecule has 1 aliphatic rings. The minimum atomic E-state index is -0.132. The topological polar surface area (TPSA) is 61.4 Å². The highest BCUT2D eigenvalue weighted by atomic mass is 16.2. The Bertz CT molecular complexity index is 791. The lowest BCUT2D eigenvalue weighted by Gasteiger charge is -2.32. The van der Waals surface area contributed by atoms with E-state index in [1.807, 2.05) is 49.4 Å². The van der Waals surface area contributed by atoms with Gasteiger partial charge in [0.25, 0.3) is 0 Å². The molecule has 1 saturated heterocycles. The number of hydrogen-bond acceptors (Lipinski definition) is 2. The molecule has 0 spiro atoms. The minimum Gasteiger partial charge on any atom is -0.356 e. The van der Waals surface area contributed by atoms with Gasteiger partial charge in [0, 0.05) is 25.3 Å². The van der Waals surface area contributed by atoms with Crippen LogP contribution in [0.4, 0.5) is 10.5 Å². The molecule has 1 heterocycles. The zero-order chi connectivity index (χ0) is 19.8. The Morgan fingerprint density at radius 3 is 2.71 bits per heavy atom. The summed E-state index contributed by atoms with van der Waals surface area (Å²) >= 11 is 0. The highest BCUT2D eigenvalue weighted by molar-refractivity contribution is 5.90. The first-order valence-electron chi connectivity index (χ1n) is 10.1. The smallest absolute Gasteiger partial charge is 0.321 e. The van der Waals surface area contributed by atoms with Crippen molar-refractivity contribution in [1.82, 2.24) is 10.2 Å². The largest absolute Gasteiger partial charge is 0.356 e. The quantitative estimate of drug-likeness (QED) is 0.746. The summed E-state index contributed by atoms with van der Waals surface area (Å²) in [5, 5.41) is 5.98. The van der Waals surface area contributed by atoms with Crippen LogP contribution in [0.25, 0.3) is 0 Å². The summed E-state index contributed by atoms with van der Waals surface area (Å²) in [5.74, 6) is -0.0742. The van der Waals surface area contributed by atoms with Crippen LogP contribution in [0.1, 0.15) is 30.4 Å². The van der Waals surface area contributed by atoms with Crippen LogP contribution in [0.2, 0.25) is 0 Å². The Balaban J connectivity index is 1.43. The fourth-order valence-corrected chi connectivity index (χ4v) is 3.59. The van der Waals surface area contributed by atoms with Crippen molar-refractivity contribution >= 4 is 17.6 Å². The summed E-state index contributed by atoms with van der Waals surface area (Å²) < 4.78 is 0. The lowest BCUT2D eigenvalue weighted by Crippen LogP contribution is -2.47. The second-order valence-electron chi connectivity index (χ2n) is 7.46. The molecule has 1 aliphatic heterocycles. The average Bonchev–Trinajstić information content (AvgIpc) is 2.72. The maximum Gasteiger partial charge on any atom is 0.321 e. The van der Waals surface area contributed by atoms with Crippen LogP contribution in [0.3, 0.4) is 0 Å². The Labute approximate surface area is 167 Å². The fraction of sp³-hybridized carbons (Fsp3) is 0.391. The number of benzene rings is 2. The van der Waals surface area contributed by atoms with Gasteiger partial charge < -0.3 is 15.5 Å². The van der Waals surface area contributed by atoms with Gasteiger partial charge in [-0.25, -0.2) is 4.79 Å². The number of piperidine rings is 1. The molecule has 0 bridgehead atoms. The zero-order valence-electron chi connectivity index (χ0n) is 16.5. The van der Waals surface area contributed by atoms with Gasteiger partial charge in [0.1, 0.15) is 0 Å². The molecular weight excluding hydrogens is 350 g/mol. The molecule has 3 amide bonds. The normalized spacial score (nSPS) is 16.5. The van der Waals surface area contributed by atoms with Crippen molar-refractivity contribution in [3.05, 3.63) is 65.7 Å². The third-order valence-electron chi connectivity index (χ3n) is 5.13. The summed E-state index contributed by atoms with van der Waals surface area (Å²) in [5.41, 5.74) is 3.18. The molecule has 28 heavy (non-hydrogen) atoms. The molecule has 0 aliphatic carbocycles. The Kier molecular flexibility index (Phi) is 7.06. The van der Waals surface area contributed by atoms with E-state index in [0.29, 0.717) is 19.6 Å². The molecule has 1 unspecified atom stereocenters. The molecule has 5 heteroatoms. The lowest BCUT2D eigenvalue weighted by atomic mass is 9.97. The molecule has 148 valence electrons. The van der Waals surface area contributed by atoms with E-state index in [4.69, 9.17) is 0 Å². The Hall–Kier alpha value is -2.82. The number of hydrogen-bond donors (Lipinski definition) is 2. The number of aryl methyl sites for hydroxylation is 2. The van der Waals surface area contributed by atoms with Gasteiger partial charge in [-0.2, -0.15) is 0 Å². The molecule has 2 aromatic carbocycles. The van der Waals surface area contributed by atoms with Crippen molar-refractivity contribution in [3.63, 3.8) is 0 Å². The van der Waals surface area contributed by atoms with E-state index in [0.717, 1.165) is 36.9 Å². The maximum atomic E-state index is 12.5. The Morgan fingerprint density at radius 2 is 1.93 bits per heavy atom. The molecule has 3 rings (SSSR count). The number of amides is 3. The monoisotopic (exact) mass is 379 g/mol. The van der Waals surface area contributed by atoms with Crippen LogP contribution < -0.4 is 10.6 Å². The summed E-state index contributed by atoms with van der Waals surface area (Å²) in [4.78, 5) is 26.8. The summed E-state index contributed by atoms with van der Waals surface area (Å²) in [6, 6.07) is 17.9. The van der Waals surface area contributed by atoms with Crippen LogP contribution in [-0.2, 0) is 11.2 Å². The molecule has 0 aromatic heterocycles. The first kappa shape index (κ1) is 19.9. The minimum absolute atomic E-state index is 0.0566. The molecular formula is C23H29N3O2. The van der Waals surface area contributed by atoms with Gasteiger partial charge in [0.15, 0.2) is 0 Å². The van der Waals surface area contributed by atoms with Crippen LogP contribution in [0.5, 0.6) is 0 Å². The third kappa shape index (κ3) is 5.84. The van der Waals surface area contributed by atoms with Gasteiger partial charge in [-0.15, -0.1) is 0 Å². The SMILES string of the molecule is Cc1cccc(NC(=O)N2CCCC(C(=O)NCCCc3ccccc3)C2)c1. The lowest BCUT2D eigenvalue weighted by molar-refractivity contribution is -0.126. The van der Waals surface area contributed by atoms with Crippen molar-refractivity contribution in [3.8, 4) is 0 Å². The van der Waals surface area contributed by atoms with Gasteiger partial charge >= 0.3 is 6.03 Å². The van der Waals surface area contributed by atoms with E-state index in [2.05, 4.69) is 22.8 Å². The summed E-state index contributed by atoms with van der Waals surface area (Å²) in [7, 11) is 0. The predicted molar refractivity (Wildman–Crippen MR) is 112 cm³/mol. The standard InChI is InChI=1S/C23H29N3O2/c1-18-8-5-13-21(16-18)25-23(28)26-15-7-12-20(17-26)22(27)24-14-6-11-19-9-3-2-4-10-19/h2-5,8-10,13,16,20H,6-7,11-12,14-15,17H2,1H3,(H,24,27)(H,25,28). The summed E-state index contributed by atoms with van der Waals surface area (Å²) in [6.07, 6.45) is 3.55. The van der Waals surface area contributed by atoms with Gasteiger partial charge in [-0.1, -0.05) is 42.5 Å². The molecule has 2 aromatic rings. The third-order valence-corrected chi connectivity index (χ3v) is 5.13. The van der Waals surface area contributed by atoms with E-state index >= 15 is 0 Å².